The van der Waals surface area contributed by atoms with Gasteiger partial charge in [0.05, 0.1) is 11.4 Å². The van der Waals surface area contributed by atoms with E-state index >= 15 is 0 Å². The van der Waals surface area contributed by atoms with Gasteiger partial charge in [0.25, 0.3) is 0 Å². The third kappa shape index (κ3) is 4.95. The van der Waals surface area contributed by atoms with Gasteiger partial charge in [-0.1, -0.05) is 54.1 Å². The molecule has 0 spiro atoms. The Morgan fingerprint density at radius 3 is 2.54 bits per heavy atom. The fraction of sp³-hybridized carbons (Fsp3) is 0.185. The summed E-state index contributed by atoms with van der Waals surface area (Å²) >= 11 is 6.05. The highest BCUT2D eigenvalue weighted by Crippen LogP contribution is 2.39. The first-order valence-electron chi connectivity index (χ1n) is 11.3. The van der Waals surface area contributed by atoms with Gasteiger partial charge in [0, 0.05) is 42.4 Å². The van der Waals surface area contributed by atoms with E-state index in [1.165, 1.54) is 12.1 Å². The summed E-state index contributed by atoms with van der Waals surface area (Å²) in [6.07, 6.45) is 0.926. The molecule has 4 aromatic rings. The molecule has 7 nitrogen and oxygen atoms in total. The Morgan fingerprint density at radius 2 is 1.77 bits per heavy atom. The Hall–Kier alpha value is -3.97. The fourth-order valence-corrected chi connectivity index (χ4v) is 4.36. The Bertz CT molecular complexity index is 1350. The van der Waals surface area contributed by atoms with Crippen molar-refractivity contribution < 1.29 is 19.7 Å². The zero-order chi connectivity index (χ0) is 24.4. The fourth-order valence-electron chi connectivity index (χ4n) is 4.19. The topological polar surface area (TPSA) is 98.7 Å². The van der Waals surface area contributed by atoms with Crippen molar-refractivity contribution in [1.29, 1.82) is 0 Å². The standard InChI is InChI=1S/C27H24ClN3O4/c28-22-13-20(24(32)14-25(22)33)27-21-15-31(11-10-23(21)29-30-27)26(34)12-17-6-8-18(9-7-17)16-35-19-4-2-1-3-5-19/h1-9,13-14,32-33H,10-12,15-16H2,(H,29,30). The van der Waals surface area contributed by atoms with E-state index in [0.717, 1.165) is 28.1 Å². The van der Waals surface area contributed by atoms with E-state index in [9.17, 15) is 15.0 Å². The largest absolute Gasteiger partial charge is 0.507 e. The first kappa shape index (κ1) is 22.8. The van der Waals surface area contributed by atoms with Gasteiger partial charge < -0.3 is 19.8 Å². The Kier molecular flexibility index (Phi) is 6.33. The van der Waals surface area contributed by atoms with Gasteiger partial charge in [0.1, 0.15) is 29.5 Å². The number of aromatic amines is 1. The summed E-state index contributed by atoms with van der Waals surface area (Å²) in [5.74, 6) is 0.509. The van der Waals surface area contributed by atoms with E-state index in [0.29, 0.717) is 43.8 Å². The lowest BCUT2D eigenvalue weighted by Crippen LogP contribution is -2.36. The second-order valence-electron chi connectivity index (χ2n) is 8.51. The summed E-state index contributed by atoms with van der Waals surface area (Å²) in [5, 5.41) is 27.5. The smallest absolute Gasteiger partial charge is 0.227 e. The van der Waals surface area contributed by atoms with Crippen molar-refractivity contribution in [3.8, 4) is 28.5 Å². The number of H-pyrrole nitrogens is 1. The predicted octanol–water partition coefficient (Wildman–Crippen LogP) is 4.85. The number of amides is 1. The van der Waals surface area contributed by atoms with Crippen LogP contribution in [0.5, 0.6) is 17.2 Å². The molecule has 0 aliphatic carbocycles. The van der Waals surface area contributed by atoms with Crippen molar-refractivity contribution in [2.24, 2.45) is 0 Å². The van der Waals surface area contributed by atoms with Gasteiger partial charge >= 0.3 is 0 Å². The number of benzene rings is 3. The number of hydrogen-bond acceptors (Lipinski definition) is 5. The second-order valence-corrected chi connectivity index (χ2v) is 8.92. The summed E-state index contributed by atoms with van der Waals surface area (Å²) in [5.41, 5.74) is 4.67. The number of halogens is 1. The summed E-state index contributed by atoms with van der Waals surface area (Å²) in [6.45, 7) is 1.42. The zero-order valence-electron chi connectivity index (χ0n) is 18.9. The number of carbonyl (C=O) groups is 1. The molecule has 1 amide bonds. The van der Waals surface area contributed by atoms with Crippen LogP contribution in [-0.2, 0) is 30.8 Å². The molecule has 2 heterocycles. The molecule has 0 bridgehead atoms. The van der Waals surface area contributed by atoms with Gasteiger partial charge in [-0.3, -0.25) is 9.89 Å². The number of nitrogens with zero attached hydrogens (tertiary/aromatic N) is 2. The highest BCUT2D eigenvalue weighted by molar-refractivity contribution is 6.32. The molecule has 3 aromatic carbocycles. The first-order valence-corrected chi connectivity index (χ1v) is 11.7. The number of carbonyl (C=O) groups excluding carboxylic acids is 1. The van der Waals surface area contributed by atoms with Crippen molar-refractivity contribution in [2.75, 3.05) is 6.54 Å². The minimum Gasteiger partial charge on any atom is -0.507 e. The molecule has 0 unspecified atom stereocenters. The van der Waals surface area contributed by atoms with Crippen LogP contribution in [0.2, 0.25) is 5.02 Å². The monoisotopic (exact) mass is 489 g/mol. The molecule has 1 aliphatic heterocycles. The minimum absolute atomic E-state index is 0.0176. The highest BCUT2D eigenvalue weighted by Gasteiger charge is 2.27. The van der Waals surface area contributed by atoms with Crippen LogP contribution in [0.25, 0.3) is 11.3 Å². The number of aromatic nitrogens is 2. The van der Waals surface area contributed by atoms with Crippen LogP contribution >= 0.6 is 11.6 Å². The van der Waals surface area contributed by atoms with Crippen LogP contribution in [0.15, 0.2) is 66.7 Å². The van der Waals surface area contributed by atoms with Gasteiger partial charge in [-0.05, 0) is 29.3 Å². The van der Waals surface area contributed by atoms with E-state index in [2.05, 4.69) is 10.2 Å². The number of rotatable bonds is 6. The molecule has 1 aromatic heterocycles. The summed E-state index contributed by atoms with van der Waals surface area (Å²) in [4.78, 5) is 14.9. The molecule has 0 saturated heterocycles. The maximum absolute atomic E-state index is 13.1. The number of aromatic hydroxyl groups is 2. The predicted molar refractivity (Wildman–Crippen MR) is 132 cm³/mol. The number of phenolic OH excluding ortho intramolecular Hbond substituents is 2. The van der Waals surface area contributed by atoms with Gasteiger partial charge in [-0.25, -0.2) is 0 Å². The van der Waals surface area contributed by atoms with Crippen LogP contribution < -0.4 is 4.74 Å². The summed E-state index contributed by atoms with van der Waals surface area (Å²) in [7, 11) is 0. The molecule has 0 radical (unpaired) electrons. The third-order valence-electron chi connectivity index (χ3n) is 6.13. The van der Waals surface area contributed by atoms with E-state index in [1.807, 2.05) is 54.6 Å². The first-order chi connectivity index (χ1) is 17.0. The molecular weight excluding hydrogens is 466 g/mol. The van der Waals surface area contributed by atoms with Crippen molar-refractivity contribution >= 4 is 17.5 Å². The van der Waals surface area contributed by atoms with E-state index in [4.69, 9.17) is 16.3 Å². The van der Waals surface area contributed by atoms with Crippen LogP contribution in [-0.4, -0.2) is 37.8 Å². The quantitative estimate of drug-likeness (QED) is 0.359. The Morgan fingerprint density at radius 1 is 1.03 bits per heavy atom. The van der Waals surface area contributed by atoms with Crippen molar-refractivity contribution in [1.82, 2.24) is 15.1 Å². The van der Waals surface area contributed by atoms with E-state index in [-0.39, 0.29) is 22.4 Å². The Labute approximate surface area is 207 Å². The molecule has 0 saturated carbocycles. The average Bonchev–Trinajstić information content (AvgIpc) is 3.29. The minimum atomic E-state index is -0.202. The van der Waals surface area contributed by atoms with Crippen LogP contribution in [0.3, 0.4) is 0 Å². The highest BCUT2D eigenvalue weighted by atomic mass is 35.5. The maximum Gasteiger partial charge on any atom is 0.227 e. The van der Waals surface area contributed by atoms with Crippen molar-refractivity contribution in [3.63, 3.8) is 0 Å². The van der Waals surface area contributed by atoms with Crippen molar-refractivity contribution in [3.05, 3.63) is 94.1 Å². The third-order valence-corrected chi connectivity index (χ3v) is 6.44. The molecule has 8 heteroatoms. The van der Waals surface area contributed by atoms with E-state index in [1.54, 1.807) is 4.90 Å². The average molecular weight is 490 g/mol. The van der Waals surface area contributed by atoms with E-state index < -0.39 is 0 Å². The summed E-state index contributed by atoms with van der Waals surface area (Å²) in [6, 6.07) is 20.2. The van der Waals surface area contributed by atoms with Gasteiger partial charge in [-0.15, -0.1) is 0 Å². The van der Waals surface area contributed by atoms with Gasteiger partial charge in [0.2, 0.25) is 5.91 Å². The lowest BCUT2D eigenvalue weighted by Gasteiger charge is -2.27. The number of hydrogen-bond donors (Lipinski definition) is 3. The zero-order valence-corrected chi connectivity index (χ0v) is 19.6. The van der Waals surface area contributed by atoms with Gasteiger partial charge in [-0.2, -0.15) is 5.10 Å². The molecule has 1 aliphatic rings. The normalized spacial score (nSPS) is 12.9. The lowest BCUT2D eigenvalue weighted by molar-refractivity contribution is -0.131. The molecular formula is C27H24ClN3O4. The number of nitrogens with one attached hydrogen (secondary N) is 1. The molecule has 0 atom stereocenters. The second kappa shape index (κ2) is 9.72. The van der Waals surface area contributed by atoms with Crippen LogP contribution in [0, 0.1) is 0 Å². The SMILES string of the molecule is O=C(Cc1ccc(COc2ccccc2)cc1)N1CCc2[nH]nc(-c3cc(Cl)c(O)cc3O)c2C1. The molecule has 178 valence electrons. The van der Waals surface area contributed by atoms with Gasteiger partial charge in [0.15, 0.2) is 0 Å². The number of phenols is 2. The van der Waals surface area contributed by atoms with Crippen molar-refractivity contribution in [2.45, 2.75) is 26.0 Å². The van der Waals surface area contributed by atoms with Crippen LogP contribution in [0.1, 0.15) is 22.4 Å². The van der Waals surface area contributed by atoms with Crippen LogP contribution in [0.4, 0.5) is 0 Å². The number of fused-ring (bicyclic) bond motifs is 1. The molecule has 35 heavy (non-hydrogen) atoms. The lowest BCUT2D eigenvalue weighted by atomic mass is 9.99. The Balaban J connectivity index is 1.25. The molecule has 0 fully saturated rings. The maximum atomic E-state index is 13.1. The molecule has 5 rings (SSSR count). The number of para-hydroxylation sites is 1. The molecule has 3 N–H and O–H groups in total. The summed E-state index contributed by atoms with van der Waals surface area (Å²) < 4.78 is 5.78. The number of ether oxygens (including phenoxy) is 1.